The van der Waals surface area contributed by atoms with Crippen LogP contribution in [0.1, 0.15) is 96.8 Å². The summed E-state index contributed by atoms with van der Waals surface area (Å²) in [6.07, 6.45) is 16.5. The molecule has 1 spiro atoms. The van der Waals surface area contributed by atoms with E-state index in [9.17, 15) is 4.79 Å². The Labute approximate surface area is 154 Å². The highest BCUT2D eigenvalue weighted by molar-refractivity contribution is 5.66. The Kier molecular flexibility index (Phi) is 9.25. The molecular weight excluding hydrogens is 314 g/mol. The van der Waals surface area contributed by atoms with E-state index in [1.54, 1.807) is 0 Å². The van der Waals surface area contributed by atoms with Crippen LogP contribution in [0.15, 0.2) is 0 Å². The molecule has 2 N–H and O–H groups in total. The van der Waals surface area contributed by atoms with Gasteiger partial charge in [-0.2, -0.15) is 0 Å². The zero-order valence-corrected chi connectivity index (χ0v) is 16.2. The summed E-state index contributed by atoms with van der Waals surface area (Å²) in [7, 11) is 0. The lowest BCUT2D eigenvalue weighted by atomic mass is 9.64. The lowest BCUT2D eigenvalue weighted by Crippen LogP contribution is -2.60. The molecule has 0 aromatic heterocycles. The van der Waals surface area contributed by atoms with Crippen LogP contribution < -0.4 is 5.32 Å². The molecule has 146 valence electrons. The fraction of sp³-hybridized carbons (Fsp3) is 0.952. The first-order chi connectivity index (χ1) is 12.1. The fourth-order valence-electron chi connectivity index (χ4n) is 4.39. The first-order valence-electron chi connectivity index (χ1n) is 10.7. The van der Waals surface area contributed by atoms with Crippen molar-refractivity contribution >= 4 is 5.97 Å². The van der Waals surface area contributed by atoms with Gasteiger partial charge in [0.15, 0.2) is 0 Å². The van der Waals surface area contributed by atoms with Gasteiger partial charge in [0.1, 0.15) is 0 Å². The average molecular weight is 354 g/mol. The first kappa shape index (κ1) is 20.7. The van der Waals surface area contributed by atoms with Crippen molar-refractivity contribution in [3.8, 4) is 0 Å². The Balaban J connectivity index is 1.58. The highest BCUT2D eigenvalue weighted by atomic mass is 16.5. The van der Waals surface area contributed by atoms with Crippen LogP contribution in [0, 0.1) is 5.41 Å². The van der Waals surface area contributed by atoms with E-state index in [0.717, 1.165) is 26.1 Å². The molecule has 2 rings (SSSR count). The highest BCUT2D eigenvalue weighted by Gasteiger charge is 2.49. The van der Waals surface area contributed by atoms with Crippen LogP contribution >= 0.6 is 0 Å². The van der Waals surface area contributed by atoms with Crippen LogP contribution in [0.5, 0.6) is 0 Å². The van der Waals surface area contributed by atoms with Gasteiger partial charge in [0.05, 0.1) is 13.2 Å². The molecule has 4 heteroatoms. The van der Waals surface area contributed by atoms with Gasteiger partial charge in [0.25, 0.3) is 0 Å². The van der Waals surface area contributed by atoms with Crippen LogP contribution in [-0.2, 0) is 9.53 Å². The van der Waals surface area contributed by atoms with E-state index in [-0.39, 0.29) is 0 Å². The molecule has 1 heterocycles. The molecule has 25 heavy (non-hydrogen) atoms. The SMILES string of the molecule is CCCCCCCC(CCCCCCC(=O)O)NC1CC2(COC2)C1. The molecule has 1 saturated heterocycles. The first-order valence-corrected chi connectivity index (χ1v) is 10.7. The van der Waals surface area contributed by atoms with Crippen molar-refractivity contribution in [3.05, 3.63) is 0 Å². The number of carboxylic acids is 1. The highest BCUT2D eigenvalue weighted by Crippen LogP contribution is 2.47. The van der Waals surface area contributed by atoms with Crippen LogP contribution in [0.2, 0.25) is 0 Å². The van der Waals surface area contributed by atoms with Gasteiger partial charge in [-0.15, -0.1) is 0 Å². The van der Waals surface area contributed by atoms with E-state index in [0.29, 0.717) is 23.9 Å². The molecular formula is C21H39NO3. The van der Waals surface area contributed by atoms with E-state index in [1.165, 1.54) is 70.6 Å². The van der Waals surface area contributed by atoms with Crippen molar-refractivity contribution in [1.82, 2.24) is 5.32 Å². The molecule has 0 aromatic carbocycles. The molecule has 4 nitrogen and oxygen atoms in total. The summed E-state index contributed by atoms with van der Waals surface area (Å²) in [4.78, 5) is 10.6. The minimum Gasteiger partial charge on any atom is -0.481 e. The molecule has 1 aliphatic carbocycles. The van der Waals surface area contributed by atoms with Crippen molar-refractivity contribution in [3.63, 3.8) is 0 Å². The second-order valence-electron chi connectivity index (χ2n) is 8.51. The maximum atomic E-state index is 10.6. The van der Waals surface area contributed by atoms with Gasteiger partial charge >= 0.3 is 5.97 Å². The summed E-state index contributed by atoms with van der Waals surface area (Å²) in [5, 5.41) is 12.6. The Hall–Kier alpha value is -0.610. The lowest BCUT2D eigenvalue weighted by Gasteiger charge is -2.54. The van der Waals surface area contributed by atoms with Gasteiger partial charge in [0.2, 0.25) is 0 Å². The van der Waals surface area contributed by atoms with Gasteiger partial charge < -0.3 is 15.2 Å². The summed E-state index contributed by atoms with van der Waals surface area (Å²) in [5.41, 5.74) is 0.542. The quantitative estimate of drug-likeness (QED) is 0.411. The van der Waals surface area contributed by atoms with E-state index in [4.69, 9.17) is 9.84 Å². The van der Waals surface area contributed by atoms with Gasteiger partial charge in [-0.25, -0.2) is 0 Å². The molecule has 0 aromatic rings. The lowest BCUT2D eigenvalue weighted by molar-refractivity contribution is -0.168. The maximum Gasteiger partial charge on any atom is 0.303 e. The van der Waals surface area contributed by atoms with Gasteiger partial charge in [-0.1, -0.05) is 58.3 Å². The molecule has 0 bridgehead atoms. The fourth-order valence-corrected chi connectivity index (χ4v) is 4.39. The number of hydrogen-bond donors (Lipinski definition) is 2. The molecule has 1 unspecified atom stereocenters. The van der Waals surface area contributed by atoms with Gasteiger partial charge in [-0.3, -0.25) is 4.79 Å². The number of ether oxygens (including phenoxy) is 1. The van der Waals surface area contributed by atoms with Crippen molar-refractivity contribution in [2.75, 3.05) is 13.2 Å². The number of rotatable bonds is 15. The monoisotopic (exact) mass is 353 g/mol. The summed E-state index contributed by atoms with van der Waals surface area (Å²) >= 11 is 0. The molecule has 1 saturated carbocycles. The number of unbranched alkanes of at least 4 members (excludes halogenated alkanes) is 7. The molecule has 1 aliphatic heterocycles. The zero-order valence-electron chi connectivity index (χ0n) is 16.2. The number of carboxylic acid groups (broad SMARTS) is 1. The summed E-state index contributed by atoms with van der Waals surface area (Å²) in [5.74, 6) is -0.662. The smallest absolute Gasteiger partial charge is 0.303 e. The maximum absolute atomic E-state index is 10.6. The average Bonchev–Trinajstić information content (AvgIpc) is 2.50. The van der Waals surface area contributed by atoms with Crippen LogP contribution in [0.4, 0.5) is 0 Å². The van der Waals surface area contributed by atoms with Crippen molar-refractivity contribution in [2.24, 2.45) is 5.41 Å². The number of nitrogens with one attached hydrogen (secondary N) is 1. The molecule has 0 amide bonds. The number of hydrogen-bond acceptors (Lipinski definition) is 3. The number of aliphatic carboxylic acids is 1. The molecule has 0 radical (unpaired) electrons. The Morgan fingerprint density at radius 3 is 2.16 bits per heavy atom. The van der Waals surface area contributed by atoms with Gasteiger partial charge in [0, 0.05) is 23.9 Å². The van der Waals surface area contributed by atoms with Crippen LogP contribution in [-0.4, -0.2) is 36.4 Å². The largest absolute Gasteiger partial charge is 0.481 e. The Morgan fingerprint density at radius 1 is 1.04 bits per heavy atom. The Bertz CT molecular complexity index is 373. The van der Waals surface area contributed by atoms with Crippen LogP contribution in [0.25, 0.3) is 0 Å². The van der Waals surface area contributed by atoms with Crippen molar-refractivity contribution < 1.29 is 14.6 Å². The minimum atomic E-state index is -0.662. The molecule has 2 aliphatic rings. The van der Waals surface area contributed by atoms with Gasteiger partial charge in [-0.05, 0) is 32.1 Å². The standard InChI is InChI=1S/C21H39NO3/c1-2-3-4-5-8-11-18(12-9-6-7-10-13-20(23)24)22-19-14-21(15-19)16-25-17-21/h18-19,22H,2-17H2,1H3,(H,23,24). The Morgan fingerprint density at radius 2 is 1.64 bits per heavy atom. The van der Waals surface area contributed by atoms with E-state index < -0.39 is 5.97 Å². The summed E-state index contributed by atoms with van der Waals surface area (Å²) in [6, 6.07) is 1.36. The van der Waals surface area contributed by atoms with E-state index in [1.807, 2.05) is 0 Å². The predicted octanol–water partition coefficient (Wildman–Crippen LogP) is 4.91. The van der Waals surface area contributed by atoms with E-state index >= 15 is 0 Å². The summed E-state index contributed by atoms with van der Waals surface area (Å²) in [6.45, 7) is 4.23. The minimum absolute atomic E-state index is 0.325. The third-order valence-corrected chi connectivity index (χ3v) is 6.00. The number of carbonyl (C=O) groups is 1. The summed E-state index contributed by atoms with van der Waals surface area (Å²) < 4.78 is 5.39. The topological polar surface area (TPSA) is 58.6 Å². The second kappa shape index (κ2) is 11.2. The van der Waals surface area contributed by atoms with Crippen molar-refractivity contribution in [1.29, 1.82) is 0 Å². The third-order valence-electron chi connectivity index (χ3n) is 6.00. The van der Waals surface area contributed by atoms with E-state index in [2.05, 4.69) is 12.2 Å². The van der Waals surface area contributed by atoms with Crippen LogP contribution in [0.3, 0.4) is 0 Å². The molecule has 2 fully saturated rings. The molecule has 1 atom stereocenters. The van der Waals surface area contributed by atoms with Crippen molar-refractivity contribution in [2.45, 2.75) is 109 Å². The normalized spacial score (nSPS) is 20.2. The zero-order chi connectivity index (χ0) is 18.0. The second-order valence-corrected chi connectivity index (χ2v) is 8.51. The third kappa shape index (κ3) is 7.65. The predicted molar refractivity (Wildman–Crippen MR) is 102 cm³/mol.